The van der Waals surface area contributed by atoms with Crippen LogP contribution in [0.15, 0.2) is 18.5 Å². The number of hydrogen-bond acceptors (Lipinski definition) is 4. The summed E-state index contributed by atoms with van der Waals surface area (Å²) in [5.74, 6) is -0.0928. The normalized spacial score (nSPS) is 20.8. The number of methoxy groups -OCH3 is 1. The number of carbonyl (C=O) groups is 1. The van der Waals surface area contributed by atoms with Gasteiger partial charge in [-0.1, -0.05) is 6.42 Å². The van der Waals surface area contributed by atoms with Crippen molar-refractivity contribution in [1.82, 2.24) is 9.88 Å². The smallest absolute Gasteiger partial charge is 0.231 e. The van der Waals surface area contributed by atoms with E-state index in [1.165, 1.54) is 6.20 Å². The molecule has 2 heterocycles. The average Bonchev–Trinajstić information content (AvgIpc) is 2.76. The zero-order valence-electron chi connectivity index (χ0n) is 13.6. The van der Waals surface area contributed by atoms with E-state index < -0.39 is 0 Å². The van der Waals surface area contributed by atoms with E-state index in [4.69, 9.17) is 4.74 Å². The van der Waals surface area contributed by atoms with Crippen LogP contribution in [0.5, 0.6) is 0 Å². The molecule has 6 heteroatoms. The monoisotopic (exact) mass is 321 g/mol. The number of pyridine rings is 1. The zero-order valence-corrected chi connectivity index (χ0v) is 13.6. The third kappa shape index (κ3) is 3.17. The molecular weight excluding hydrogens is 297 g/mol. The molecule has 2 aliphatic rings. The third-order valence-electron chi connectivity index (χ3n) is 5.06. The fourth-order valence-corrected chi connectivity index (χ4v) is 3.62. The molecule has 1 saturated carbocycles. The summed E-state index contributed by atoms with van der Waals surface area (Å²) in [6, 6.07) is 1.70. The maximum atomic E-state index is 13.9. The molecule has 3 rings (SSSR count). The Labute approximate surface area is 136 Å². The Hall–Kier alpha value is -1.69. The van der Waals surface area contributed by atoms with Crippen molar-refractivity contribution in [3.63, 3.8) is 0 Å². The van der Waals surface area contributed by atoms with Crippen LogP contribution in [-0.2, 0) is 9.53 Å². The highest BCUT2D eigenvalue weighted by atomic mass is 19.1. The van der Waals surface area contributed by atoms with Gasteiger partial charge in [0.25, 0.3) is 0 Å². The van der Waals surface area contributed by atoms with E-state index >= 15 is 0 Å². The summed E-state index contributed by atoms with van der Waals surface area (Å²) in [6.45, 7) is 3.27. The molecule has 0 spiro atoms. The number of hydrogen-bond donors (Lipinski definition) is 0. The second kappa shape index (κ2) is 6.83. The highest BCUT2D eigenvalue weighted by Crippen LogP contribution is 2.42. The number of rotatable bonds is 4. The van der Waals surface area contributed by atoms with Crippen molar-refractivity contribution in [3.05, 3.63) is 24.3 Å². The van der Waals surface area contributed by atoms with Crippen LogP contribution in [0.4, 0.5) is 10.1 Å². The first kappa shape index (κ1) is 16.2. The van der Waals surface area contributed by atoms with Gasteiger partial charge < -0.3 is 14.5 Å². The lowest BCUT2D eigenvalue weighted by atomic mass is 9.68. The topological polar surface area (TPSA) is 45.7 Å². The summed E-state index contributed by atoms with van der Waals surface area (Å²) in [7, 11) is 1.66. The Morgan fingerprint density at radius 2 is 2.13 bits per heavy atom. The zero-order chi connectivity index (χ0) is 16.3. The lowest BCUT2D eigenvalue weighted by Gasteiger charge is -2.42. The van der Waals surface area contributed by atoms with Gasteiger partial charge >= 0.3 is 0 Å². The fraction of sp³-hybridized carbons (Fsp3) is 0.647. The first-order valence-electron chi connectivity index (χ1n) is 8.29. The first-order valence-corrected chi connectivity index (χ1v) is 8.29. The molecule has 1 aliphatic carbocycles. The second-order valence-corrected chi connectivity index (χ2v) is 6.53. The minimum Gasteiger partial charge on any atom is -0.384 e. The maximum absolute atomic E-state index is 13.9. The Balaban J connectivity index is 1.67. The van der Waals surface area contributed by atoms with Gasteiger partial charge in [0.05, 0.1) is 23.9 Å². The van der Waals surface area contributed by atoms with E-state index in [1.54, 1.807) is 19.4 Å². The van der Waals surface area contributed by atoms with Crippen molar-refractivity contribution in [3.8, 4) is 0 Å². The summed E-state index contributed by atoms with van der Waals surface area (Å²) >= 11 is 0. The van der Waals surface area contributed by atoms with Crippen molar-refractivity contribution in [2.75, 3.05) is 44.8 Å². The molecule has 0 N–H and O–H groups in total. The number of anilines is 1. The van der Waals surface area contributed by atoms with Gasteiger partial charge in [-0.25, -0.2) is 4.39 Å². The molecule has 5 nitrogen and oxygen atoms in total. The molecule has 126 valence electrons. The molecule has 0 aromatic carbocycles. The first-order chi connectivity index (χ1) is 11.2. The van der Waals surface area contributed by atoms with Gasteiger partial charge in [-0.3, -0.25) is 9.78 Å². The van der Waals surface area contributed by atoms with E-state index in [0.717, 1.165) is 38.8 Å². The van der Waals surface area contributed by atoms with Gasteiger partial charge in [-0.15, -0.1) is 0 Å². The average molecular weight is 321 g/mol. The number of carbonyl (C=O) groups excluding carboxylic acids is 1. The number of amides is 1. The van der Waals surface area contributed by atoms with Crippen LogP contribution < -0.4 is 4.90 Å². The van der Waals surface area contributed by atoms with Crippen LogP contribution in [0.1, 0.15) is 25.7 Å². The van der Waals surface area contributed by atoms with Crippen LogP contribution in [0, 0.1) is 11.2 Å². The summed E-state index contributed by atoms with van der Waals surface area (Å²) in [5, 5.41) is 0. The minimum absolute atomic E-state index is 0.211. The minimum atomic E-state index is -0.314. The number of halogens is 1. The van der Waals surface area contributed by atoms with Crippen molar-refractivity contribution in [2.24, 2.45) is 5.41 Å². The molecule has 1 aromatic heterocycles. The molecule has 2 fully saturated rings. The number of ether oxygens (including phenoxy) is 1. The molecule has 1 aliphatic heterocycles. The fourth-order valence-electron chi connectivity index (χ4n) is 3.62. The third-order valence-corrected chi connectivity index (χ3v) is 5.06. The molecule has 1 amide bonds. The highest BCUT2D eigenvalue weighted by Gasteiger charge is 2.46. The van der Waals surface area contributed by atoms with Crippen molar-refractivity contribution in [2.45, 2.75) is 25.7 Å². The molecule has 0 radical (unpaired) electrons. The molecule has 23 heavy (non-hydrogen) atoms. The number of nitrogens with zero attached hydrogens (tertiary/aromatic N) is 3. The van der Waals surface area contributed by atoms with E-state index in [-0.39, 0.29) is 17.1 Å². The Bertz CT molecular complexity index is 563. The quantitative estimate of drug-likeness (QED) is 0.852. The summed E-state index contributed by atoms with van der Waals surface area (Å²) in [6.07, 6.45) is 6.62. The Morgan fingerprint density at radius 1 is 1.30 bits per heavy atom. The van der Waals surface area contributed by atoms with Crippen molar-refractivity contribution >= 4 is 11.6 Å². The van der Waals surface area contributed by atoms with Crippen LogP contribution in [-0.4, -0.2) is 55.7 Å². The van der Waals surface area contributed by atoms with E-state index in [2.05, 4.69) is 4.98 Å². The maximum Gasteiger partial charge on any atom is 0.231 e. The molecule has 0 bridgehead atoms. The van der Waals surface area contributed by atoms with Crippen LogP contribution in [0.3, 0.4) is 0 Å². The largest absolute Gasteiger partial charge is 0.384 e. The summed E-state index contributed by atoms with van der Waals surface area (Å²) in [4.78, 5) is 20.6. The number of aromatic nitrogens is 1. The second-order valence-electron chi connectivity index (χ2n) is 6.53. The van der Waals surface area contributed by atoms with Crippen LogP contribution in [0.25, 0.3) is 0 Å². The van der Waals surface area contributed by atoms with Gasteiger partial charge in [0.2, 0.25) is 5.91 Å². The van der Waals surface area contributed by atoms with Gasteiger partial charge in [0.1, 0.15) is 0 Å². The van der Waals surface area contributed by atoms with E-state index in [9.17, 15) is 9.18 Å². The Kier molecular flexibility index (Phi) is 4.80. The molecule has 0 atom stereocenters. The molecule has 1 aromatic rings. The standard InChI is InChI=1S/C17H24FN3O2/c1-23-13-17(5-2-6-17)16(22)21-9-3-8-20(10-11-21)15-4-7-19-12-14(15)18/h4,7,12H,2-3,5-6,8-11,13H2,1H3. The van der Waals surface area contributed by atoms with Crippen molar-refractivity contribution in [1.29, 1.82) is 0 Å². The van der Waals surface area contributed by atoms with Gasteiger partial charge in [0, 0.05) is 39.5 Å². The lowest BCUT2D eigenvalue weighted by Crippen LogP contribution is -2.51. The summed E-state index contributed by atoms with van der Waals surface area (Å²) in [5.41, 5.74) is 0.260. The van der Waals surface area contributed by atoms with Gasteiger partial charge in [-0.2, -0.15) is 0 Å². The molecule has 0 unspecified atom stereocenters. The van der Waals surface area contributed by atoms with E-state index in [1.807, 2.05) is 9.80 Å². The molecule has 1 saturated heterocycles. The SMILES string of the molecule is COCC1(C(=O)N2CCCN(c3ccncc3F)CC2)CCC1. The lowest BCUT2D eigenvalue weighted by molar-refractivity contribution is -0.151. The van der Waals surface area contributed by atoms with Crippen LogP contribution in [0.2, 0.25) is 0 Å². The predicted octanol–water partition coefficient (Wildman–Crippen LogP) is 2.08. The van der Waals surface area contributed by atoms with Gasteiger partial charge in [-0.05, 0) is 25.3 Å². The van der Waals surface area contributed by atoms with E-state index in [0.29, 0.717) is 25.4 Å². The summed E-state index contributed by atoms with van der Waals surface area (Å²) < 4.78 is 19.2. The van der Waals surface area contributed by atoms with Crippen LogP contribution >= 0.6 is 0 Å². The highest BCUT2D eigenvalue weighted by molar-refractivity contribution is 5.84. The predicted molar refractivity (Wildman–Crippen MR) is 85.8 cm³/mol. The van der Waals surface area contributed by atoms with Crippen molar-refractivity contribution < 1.29 is 13.9 Å². The van der Waals surface area contributed by atoms with Gasteiger partial charge in [0.15, 0.2) is 5.82 Å². The Morgan fingerprint density at radius 3 is 2.78 bits per heavy atom. The molecular formula is C17H24FN3O2.